The number of aromatic hydroxyl groups is 1. The monoisotopic (exact) mass is 672 g/mol. The summed E-state index contributed by atoms with van der Waals surface area (Å²) in [5, 5.41) is 10.9. The fourth-order valence-electron chi connectivity index (χ4n) is 9.01. The molecule has 1 N–H and O–H groups in total. The summed E-state index contributed by atoms with van der Waals surface area (Å²) >= 11 is 6.39. The van der Waals surface area contributed by atoms with Crippen LogP contribution in [-0.4, -0.2) is 40.7 Å². The number of hydrogen-bond acceptors (Lipinski definition) is 6. The number of benzene rings is 4. The van der Waals surface area contributed by atoms with Crippen LogP contribution in [0.15, 0.2) is 115 Å². The number of anilines is 1. The third-order valence-electron chi connectivity index (χ3n) is 11.0. The highest BCUT2D eigenvalue weighted by Crippen LogP contribution is 2.65. The lowest BCUT2D eigenvalue weighted by atomic mass is 9.49. The molecular formula is C40H33ClN2O6. The second kappa shape index (κ2) is 11.7. The molecule has 3 fully saturated rings. The number of allylic oxidation sites excluding steroid dienone is 2. The number of methoxy groups -OCH3 is 1. The van der Waals surface area contributed by atoms with E-state index in [1.165, 1.54) is 23.0 Å². The first-order chi connectivity index (χ1) is 23.7. The summed E-state index contributed by atoms with van der Waals surface area (Å²) in [6.45, 7) is 0.167. The summed E-state index contributed by atoms with van der Waals surface area (Å²) in [5.41, 5.74) is 1.86. The number of halogens is 1. The molecule has 8 nitrogen and oxygen atoms in total. The first-order valence-electron chi connectivity index (χ1n) is 16.4. The molecule has 2 heterocycles. The summed E-state index contributed by atoms with van der Waals surface area (Å²) in [4.78, 5) is 61.0. The summed E-state index contributed by atoms with van der Waals surface area (Å²) in [7, 11) is 1.50. The lowest BCUT2D eigenvalue weighted by Gasteiger charge is -2.51. The van der Waals surface area contributed by atoms with Gasteiger partial charge in [0.15, 0.2) is 0 Å². The van der Waals surface area contributed by atoms with Crippen LogP contribution < -0.4 is 9.64 Å². The van der Waals surface area contributed by atoms with Crippen LogP contribution in [0.2, 0.25) is 5.02 Å². The largest absolute Gasteiger partial charge is 0.508 e. The predicted octanol–water partition coefficient (Wildman–Crippen LogP) is 6.42. The highest BCUT2D eigenvalue weighted by atomic mass is 35.5. The van der Waals surface area contributed by atoms with Crippen LogP contribution in [0.5, 0.6) is 11.5 Å². The van der Waals surface area contributed by atoms with Crippen molar-refractivity contribution < 1.29 is 29.0 Å². The number of ether oxygens (including phenoxy) is 1. The Balaban J connectivity index is 1.34. The number of hydrogen-bond donors (Lipinski definition) is 1. The lowest BCUT2D eigenvalue weighted by Crippen LogP contribution is -2.53. The molecule has 0 spiro atoms. The number of rotatable bonds is 6. The van der Waals surface area contributed by atoms with E-state index < -0.39 is 46.8 Å². The first-order valence-corrected chi connectivity index (χ1v) is 16.8. The number of likely N-dealkylation sites (tertiary alicyclic amines) is 1. The SMILES string of the molecule is COc1cc(O)ccc1C1C2=CCC3C(=O)N(Cc4ccccc4)C(=O)C3C2CC2C(=O)N(c3cccc(Cl)c3)C(=O)C21c1ccccc1. The van der Waals surface area contributed by atoms with Crippen LogP contribution in [0.3, 0.4) is 0 Å². The summed E-state index contributed by atoms with van der Waals surface area (Å²) < 4.78 is 5.84. The van der Waals surface area contributed by atoms with Gasteiger partial charge in [-0.15, -0.1) is 0 Å². The number of carbonyl (C=O) groups excluding carboxylic acids is 4. The van der Waals surface area contributed by atoms with E-state index in [1.54, 1.807) is 36.4 Å². The Bertz CT molecular complexity index is 2050. The highest BCUT2D eigenvalue weighted by molar-refractivity contribution is 6.32. The minimum atomic E-state index is -1.44. The van der Waals surface area contributed by atoms with Crippen LogP contribution in [0, 0.1) is 23.7 Å². The van der Waals surface area contributed by atoms with Crippen molar-refractivity contribution in [1.29, 1.82) is 0 Å². The number of phenolic OH excluding ortho intramolecular Hbond substituents is 1. The average molecular weight is 673 g/mol. The van der Waals surface area contributed by atoms with Gasteiger partial charge in [0.25, 0.3) is 0 Å². The van der Waals surface area contributed by atoms with Crippen LogP contribution >= 0.6 is 11.6 Å². The van der Waals surface area contributed by atoms with E-state index >= 15 is 4.79 Å². The maximum absolute atomic E-state index is 15.3. The van der Waals surface area contributed by atoms with Gasteiger partial charge >= 0.3 is 0 Å². The Morgan fingerprint density at radius 3 is 2.29 bits per heavy atom. The zero-order chi connectivity index (χ0) is 34.0. The predicted molar refractivity (Wildman–Crippen MR) is 183 cm³/mol. The van der Waals surface area contributed by atoms with Gasteiger partial charge in [-0.1, -0.05) is 96.0 Å². The van der Waals surface area contributed by atoms with E-state index in [0.717, 1.165) is 11.1 Å². The van der Waals surface area contributed by atoms with Crippen LogP contribution in [0.4, 0.5) is 5.69 Å². The quantitative estimate of drug-likeness (QED) is 0.187. The zero-order valence-corrected chi connectivity index (χ0v) is 27.4. The van der Waals surface area contributed by atoms with Gasteiger partial charge in [0.05, 0.1) is 42.5 Å². The molecule has 246 valence electrons. The minimum Gasteiger partial charge on any atom is -0.508 e. The van der Waals surface area contributed by atoms with E-state index in [9.17, 15) is 19.5 Å². The van der Waals surface area contributed by atoms with Crippen molar-refractivity contribution in [2.75, 3.05) is 12.0 Å². The Kier molecular flexibility index (Phi) is 7.45. The normalized spacial score (nSPS) is 27.5. The van der Waals surface area contributed by atoms with Gasteiger partial charge in [0.2, 0.25) is 23.6 Å². The number of fused-ring (bicyclic) bond motifs is 4. The molecule has 1 saturated carbocycles. The molecule has 2 aliphatic carbocycles. The van der Waals surface area contributed by atoms with E-state index in [-0.39, 0.29) is 30.5 Å². The van der Waals surface area contributed by atoms with Crippen molar-refractivity contribution in [2.45, 2.75) is 30.7 Å². The molecule has 8 rings (SSSR count). The highest BCUT2D eigenvalue weighted by Gasteiger charge is 2.70. The van der Waals surface area contributed by atoms with Crippen molar-refractivity contribution >= 4 is 40.9 Å². The summed E-state index contributed by atoms with van der Waals surface area (Å²) in [6, 6.07) is 30.2. The molecule has 2 aliphatic heterocycles. The van der Waals surface area contributed by atoms with Gasteiger partial charge in [-0.3, -0.25) is 24.1 Å². The van der Waals surface area contributed by atoms with Crippen LogP contribution in [-0.2, 0) is 31.1 Å². The van der Waals surface area contributed by atoms with Gasteiger partial charge in [0, 0.05) is 22.6 Å². The molecule has 4 aliphatic rings. The Morgan fingerprint density at radius 1 is 0.837 bits per heavy atom. The summed E-state index contributed by atoms with van der Waals surface area (Å²) in [6.07, 6.45) is 2.53. The number of carbonyl (C=O) groups is 4. The van der Waals surface area contributed by atoms with Gasteiger partial charge in [-0.2, -0.15) is 0 Å². The van der Waals surface area contributed by atoms with Crippen LogP contribution in [0.1, 0.15) is 35.4 Å². The van der Waals surface area contributed by atoms with E-state index in [4.69, 9.17) is 16.3 Å². The molecule has 4 aromatic carbocycles. The molecule has 2 saturated heterocycles. The average Bonchev–Trinajstić information content (AvgIpc) is 3.49. The maximum Gasteiger partial charge on any atom is 0.246 e. The fourth-order valence-corrected chi connectivity index (χ4v) is 9.20. The number of imide groups is 2. The fraction of sp³-hybridized carbons (Fsp3) is 0.250. The van der Waals surface area contributed by atoms with Crippen molar-refractivity contribution in [3.05, 3.63) is 136 Å². The molecule has 0 bridgehead atoms. The van der Waals surface area contributed by atoms with E-state index in [1.807, 2.05) is 66.7 Å². The number of nitrogens with zero attached hydrogens (tertiary/aromatic N) is 2. The summed E-state index contributed by atoms with van der Waals surface area (Å²) in [5.74, 6) is -4.37. The van der Waals surface area contributed by atoms with Crippen LogP contribution in [0.25, 0.3) is 0 Å². The molecular weight excluding hydrogens is 640 g/mol. The van der Waals surface area contributed by atoms with Crippen molar-refractivity contribution in [1.82, 2.24) is 4.90 Å². The molecule has 6 unspecified atom stereocenters. The molecule has 0 aromatic heterocycles. The van der Waals surface area contributed by atoms with E-state index in [0.29, 0.717) is 34.0 Å². The van der Waals surface area contributed by atoms with Crippen molar-refractivity contribution in [2.24, 2.45) is 23.7 Å². The third-order valence-corrected chi connectivity index (χ3v) is 11.2. The smallest absolute Gasteiger partial charge is 0.246 e. The number of phenols is 1. The second-order valence-electron chi connectivity index (χ2n) is 13.3. The van der Waals surface area contributed by atoms with Gasteiger partial charge < -0.3 is 9.84 Å². The number of amides is 4. The molecule has 49 heavy (non-hydrogen) atoms. The molecule has 9 heteroatoms. The Morgan fingerprint density at radius 2 is 1.57 bits per heavy atom. The van der Waals surface area contributed by atoms with Crippen molar-refractivity contribution in [3.63, 3.8) is 0 Å². The molecule has 0 radical (unpaired) electrons. The lowest BCUT2D eigenvalue weighted by molar-refractivity contribution is -0.141. The van der Waals surface area contributed by atoms with Gasteiger partial charge in [-0.25, -0.2) is 4.90 Å². The standard InChI is InChI=1S/C40H33ClN2O6/c1-49-33-20-27(44)15-16-29(33)35-28-17-18-30-34(38(47)42(36(30)45)22-23-9-4-2-5-10-23)31(28)21-32-37(46)43(26-14-8-13-25(41)19-26)39(48)40(32,35)24-11-6-3-7-12-24/h2-17,19-20,30-32,34-35,44H,18,21-22H2,1H3. The van der Waals surface area contributed by atoms with Gasteiger partial charge in [0.1, 0.15) is 11.5 Å². The second-order valence-corrected chi connectivity index (χ2v) is 13.7. The van der Waals surface area contributed by atoms with E-state index in [2.05, 4.69) is 0 Å². The minimum absolute atomic E-state index is 0.0153. The Labute approximate surface area is 288 Å². The third kappa shape index (κ3) is 4.57. The van der Waals surface area contributed by atoms with Crippen molar-refractivity contribution in [3.8, 4) is 11.5 Å². The zero-order valence-electron chi connectivity index (χ0n) is 26.7. The topological polar surface area (TPSA) is 104 Å². The first kappa shape index (κ1) is 31.1. The Hall–Kier alpha value is -5.21. The maximum atomic E-state index is 15.3. The van der Waals surface area contributed by atoms with Gasteiger partial charge in [-0.05, 0) is 54.2 Å². The molecule has 4 aromatic rings. The molecule has 6 atom stereocenters. The molecule has 4 amide bonds.